The minimum Gasteiger partial charge on any atom is -0.386 e. The number of hydrogen-bond donors (Lipinski definition) is 1. The molecule has 1 heterocycles. The van der Waals surface area contributed by atoms with Gasteiger partial charge in [0.1, 0.15) is 11.9 Å². The second-order valence-corrected chi connectivity index (χ2v) is 4.59. The largest absolute Gasteiger partial charge is 0.386 e. The number of benzene rings is 1. The number of aromatic nitrogens is 1. The molecular formula is C14H13ClFNO. The van der Waals surface area contributed by atoms with Crippen molar-refractivity contribution in [3.05, 3.63) is 64.2 Å². The van der Waals surface area contributed by atoms with Crippen LogP contribution < -0.4 is 0 Å². The van der Waals surface area contributed by atoms with Crippen molar-refractivity contribution >= 4 is 11.6 Å². The lowest BCUT2D eigenvalue weighted by molar-refractivity contribution is 0.172. The Bertz CT molecular complexity index is 522. The normalized spacial score (nSPS) is 12.4. The van der Waals surface area contributed by atoms with Crippen molar-refractivity contribution in [2.75, 3.05) is 0 Å². The summed E-state index contributed by atoms with van der Waals surface area (Å²) in [5, 5.41) is 10.3. The minimum atomic E-state index is -0.861. The first-order valence-corrected chi connectivity index (χ1v) is 5.99. The first kappa shape index (κ1) is 13.0. The highest BCUT2D eigenvalue weighted by molar-refractivity contribution is 6.31. The Morgan fingerprint density at radius 1 is 1.33 bits per heavy atom. The van der Waals surface area contributed by atoms with Gasteiger partial charge >= 0.3 is 0 Å². The van der Waals surface area contributed by atoms with Crippen LogP contribution in [0.2, 0.25) is 5.02 Å². The summed E-state index contributed by atoms with van der Waals surface area (Å²) in [6, 6.07) is 8.06. The van der Waals surface area contributed by atoms with Crippen LogP contribution in [0.1, 0.15) is 22.9 Å². The molecule has 1 aromatic carbocycles. The van der Waals surface area contributed by atoms with Crippen LogP contribution in [0.25, 0.3) is 0 Å². The fourth-order valence-electron chi connectivity index (χ4n) is 1.70. The fraction of sp³-hybridized carbons (Fsp3) is 0.214. The summed E-state index contributed by atoms with van der Waals surface area (Å²) in [5.74, 6) is -0.409. The molecule has 0 aliphatic rings. The zero-order valence-electron chi connectivity index (χ0n) is 9.90. The number of pyridine rings is 1. The van der Waals surface area contributed by atoms with Crippen LogP contribution in [0, 0.1) is 12.7 Å². The number of hydrogen-bond acceptors (Lipinski definition) is 2. The Morgan fingerprint density at radius 2 is 2.11 bits per heavy atom. The number of aliphatic hydroxyl groups excluding tert-OH is 1. The summed E-state index contributed by atoms with van der Waals surface area (Å²) in [7, 11) is 0. The first-order chi connectivity index (χ1) is 8.58. The Balaban J connectivity index is 2.21. The highest BCUT2D eigenvalue weighted by atomic mass is 35.5. The van der Waals surface area contributed by atoms with Crippen LogP contribution in [0.4, 0.5) is 4.39 Å². The van der Waals surface area contributed by atoms with Crippen molar-refractivity contribution in [2.24, 2.45) is 0 Å². The van der Waals surface area contributed by atoms with Gasteiger partial charge in [0.05, 0.1) is 5.69 Å². The summed E-state index contributed by atoms with van der Waals surface area (Å²) in [4.78, 5) is 4.12. The van der Waals surface area contributed by atoms with Crippen molar-refractivity contribution in [1.29, 1.82) is 0 Å². The molecule has 1 unspecified atom stereocenters. The second kappa shape index (κ2) is 5.46. The predicted octanol–water partition coefficient (Wildman–Crippen LogP) is 3.46. The molecule has 1 aromatic heterocycles. The van der Waals surface area contributed by atoms with Gasteiger partial charge in [-0.2, -0.15) is 0 Å². The van der Waals surface area contributed by atoms with Crippen molar-refractivity contribution in [1.82, 2.24) is 4.98 Å². The monoisotopic (exact) mass is 265 g/mol. The molecule has 94 valence electrons. The standard InChI is InChI=1S/C14H13ClFNO/c1-9-5-6-13(17-8-9)14(18)7-10-11(15)3-2-4-12(10)16/h2-6,8,14,18H,7H2,1H3. The van der Waals surface area contributed by atoms with Crippen LogP contribution >= 0.6 is 11.6 Å². The Hall–Kier alpha value is -1.45. The van der Waals surface area contributed by atoms with E-state index in [1.807, 2.05) is 13.0 Å². The lowest BCUT2D eigenvalue weighted by atomic mass is 10.0. The van der Waals surface area contributed by atoms with E-state index in [-0.39, 0.29) is 6.42 Å². The number of rotatable bonds is 3. The van der Waals surface area contributed by atoms with Gasteiger partial charge in [-0.3, -0.25) is 4.98 Å². The van der Waals surface area contributed by atoms with Gasteiger partial charge in [0.15, 0.2) is 0 Å². The number of aryl methyl sites for hydroxylation is 1. The molecule has 0 aliphatic heterocycles. The van der Waals surface area contributed by atoms with Gasteiger partial charge in [-0.1, -0.05) is 23.7 Å². The number of nitrogens with zero attached hydrogens (tertiary/aromatic N) is 1. The van der Waals surface area contributed by atoms with Crippen molar-refractivity contribution < 1.29 is 9.50 Å². The van der Waals surface area contributed by atoms with E-state index in [4.69, 9.17) is 11.6 Å². The van der Waals surface area contributed by atoms with Gasteiger partial charge in [-0.05, 0) is 30.7 Å². The first-order valence-electron chi connectivity index (χ1n) is 5.61. The third-order valence-corrected chi connectivity index (χ3v) is 3.09. The summed E-state index contributed by atoms with van der Waals surface area (Å²) in [6.45, 7) is 1.91. The third-order valence-electron chi connectivity index (χ3n) is 2.73. The molecule has 2 aromatic rings. The maximum atomic E-state index is 13.6. The quantitative estimate of drug-likeness (QED) is 0.922. The molecule has 0 saturated heterocycles. The van der Waals surface area contributed by atoms with Gasteiger partial charge in [-0.15, -0.1) is 0 Å². The maximum Gasteiger partial charge on any atom is 0.127 e. The zero-order valence-corrected chi connectivity index (χ0v) is 10.7. The van der Waals surface area contributed by atoms with E-state index in [1.165, 1.54) is 12.1 Å². The number of aliphatic hydroxyl groups is 1. The van der Waals surface area contributed by atoms with Gasteiger partial charge in [0, 0.05) is 23.2 Å². The molecule has 2 rings (SSSR count). The van der Waals surface area contributed by atoms with Crippen molar-refractivity contribution in [2.45, 2.75) is 19.4 Å². The average Bonchev–Trinajstić information content (AvgIpc) is 2.34. The Morgan fingerprint density at radius 3 is 2.72 bits per heavy atom. The topological polar surface area (TPSA) is 33.1 Å². The van der Waals surface area contributed by atoms with E-state index >= 15 is 0 Å². The van der Waals surface area contributed by atoms with Crippen LogP contribution in [0.15, 0.2) is 36.5 Å². The van der Waals surface area contributed by atoms with E-state index < -0.39 is 11.9 Å². The third kappa shape index (κ3) is 2.86. The predicted molar refractivity (Wildman–Crippen MR) is 69.0 cm³/mol. The van der Waals surface area contributed by atoms with Crippen LogP contribution in [-0.4, -0.2) is 10.1 Å². The summed E-state index contributed by atoms with van der Waals surface area (Å²) in [6.07, 6.45) is 0.920. The molecule has 0 fully saturated rings. The fourth-order valence-corrected chi connectivity index (χ4v) is 1.94. The lowest BCUT2D eigenvalue weighted by Gasteiger charge is -2.12. The second-order valence-electron chi connectivity index (χ2n) is 4.18. The molecule has 0 amide bonds. The molecule has 0 bridgehead atoms. The highest BCUT2D eigenvalue weighted by Crippen LogP contribution is 2.24. The molecule has 1 N–H and O–H groups in total. The minimum absolute atomic E-state index is 0.113. The smallest absolute Gasteiger partial charge is 0.127 e. The van der Waals surface area contributed by atoms with Crippen LogP contribution in [-0.2, 0) is 6.42 Å². The van der Waals surface area contributed by atoms with Gasteiger partial charge < -0.3 is 5.11 Å². The molecule has 0 aliphatic carbocycles. The lowest BCUT2D eigenvalue weighted by Crippen LogP contribution is -2.06. The Kier molecular flexibility index (Phi) is 3.94. The molecule has 1 atom stereocenters. The van der Waals surface area contributed by atoms with Gasteiger partial charge in [-0.25, -0.2) is 4.39 Å². The molecule has 2 nitrogen and oxygen atoms in total. The van der Waals surface area contributed by atoms with Gasteiger partial charge in [0.25, 0.3) is 0 Å². The van der Waals surface area contributed by atoms with Crippen LogP contribution in [0.5, 0.6) is 0 Å². The van der Waals surface area contributed by atoms with E-state index in [0.29, 0.717) is 16.3 Å². The number of halogens is 2. The molecule has 4 heteroatoms. The summed E-state index contributed by atoms with van der Waals surface area (Å²) >= 11 is 5.91. The summed E-state index contributed by atoms with van der Waals surface area (Å²) < 4.78 is 13.6. The van der Waals surface area contributed by atoms with Crippen molar-refractivity contribution in [3.8, 4) is 0 Å². The zero-order chi connectivity index (χ0) is 13.1. The average molecular weight is 266 g/mol. The molecule has 0 saturated carbocycles. The highest BCUT2D eigenvalue weighted by Gasteiger charge is 2.15. The molecule has 0 spiro atoms. The van der Waals surface area contributed by atoms with E-state index in [9.17, 15) is 9.50 Å². The maximum absolute atomic E-state index is 13.6. The molecular weight excluding hydrogens is 253 g/mol. The van der Waals surface area contributed by atoms with E-state index in [2.05, 4.69) is 4.98 Å². The van der Waals surface area contributed by atoms with Crippen LogP contribution in [0.3, 0.4) is 0 Å². The summed E-state index contributed by atoms with van der Waals surface area (Å²) in [5.41, 5.74) is 1.84. The van der Waals surface area contributed by atoms with Crippen molar-refractivity contribution in [3.63, 3.8) is 0 Å². The van der Waals surface area contributed by atoms with E-state index in [1.54, 1.807) is 18.3 Å². The van der Waals surface area contributed by atoms with Gasteiger partial charge in [0.2, 0.25) is 0 Å². The molecule has 18 heavy (non-hydrogen) atoms. The van der Waals surface area contributed by atoms with E-state index in [0.717, 1.165) is 5.56 Å². The molecule has 0 radical (unpaired) electrons. The SMILES string of the molecule is Cc1ccc(C(O)Cc2c(F)cccc2Cl)nc1. The Labute approximate surface area is 110 Å².